The van der Waals surface area contributed by atoms with Crippen molar-refractivity contribution in [3.8, 4) is 11.3 Å². The second-order valence-corrected chi connectivity index (χ2v) is 10.5. The van der Waals surface area contributed by atoms with E-state index in [-0.39, 0.29) is 16.9 Å². The molecule has 1 aliphatic heterocycles. The van der Waals surface area contributed by atoms with E-state index in [0.29, 0.717) is 34.9 Å². The van der Waals surface area contributed by atoms with E-state index >= 15 is 0 Å². The van der Waals surface area contributed by atoms with Crippen molar-refractivity contribution in [1.29, 1.82) is 0 Å². The lowest BCUT2D eigenvalue weighted by atomic mass is 9.97. The zero-order chi connectivity index (χ0) is 27.6. The van der Waals surface area contributed by atoms with Crippen LogP contribution in [0.2, 0.25) is 0 Å². The molecular formula is C27H23F6N5S. The number of thioether (sulfide) groups is 1. The van der Waals surface area contributed by atoms with E-state index in [9.17, 15) is 26.3 Å². The van der Waals surface area contributed by atoms with E-state index in [0.717, 1.165) is 49.1 Å². The third-order valence-electron chi connectivity index (χ3n) is 6.56. The molecule has 1 aromatic carbocycles. The minimum atomic E-state index is -4.59. The number of hydrogen-bond acceptors (Lipinski definition) is 6. The summed E-state index contributed by atoms with van der Waals surface area (Å²) in [7, 11) is 0. The molecule has 4 heterocycles. The van der Waals surface area contributed by atoms with Crippen molar-refractivity contribution in [1.82, 2.24) is 19.9 Å². The van der Waals surface area contributed by atoms with Gasteiger partial charge in [-0.3, -0.25) is 4.98 Å². The van der Waals surface area contributed by atoms with Crippen molar-refractivity contribution in [3.05, 3.63) is 71.9 Å². The van der Waals surface area contributed by atoms with E-state index in [1.54, 1.807) is 6.07 Å². The number of benzene rings is 1. The first kappa shape index (κ1) is 27.2. The number of anilines is 2. The molecule has 1 saturated heterocycles. The Labute approximate surface area is 224 Å². The maximum absolute atomic E-state index is 13.6. The highest BCUT2D eigenvalue weighted by atomic mass is 32.2. The van der Waals surface area contributed by atoms with Crippen molar-refractivity contribution < 1.29 is 26.3 Å². The van der Waals surface area contributed by atoms with Crippen molar-refractivity contribution in [2.24, 2.45) is 5.92 Å². The number of nitrogens with zero attached hydrogens (tertiary/aromatic N) is 4. The molecule has 0 radical (unpaired) electrons. The van der Waals surface area contributed by atoms with Crippen LogP contribution < -0.4 is 5.32 Å². The van der Waals surface area contributed by atoms with Crippen LogP contribution in [0.1, 0.15) is 36.3 Å². The van der Waals surface area contributed by atoms with Gasteiger partial charge in [0.2, 0.25) is 0 Å². The van der Waals surface area contributed by atoms with E-state index in [4.69, 9.17) is 0 Å². The number of hydrogen-bond donors (Lipinski definition) is 1. The Hall–Kier alpha value is -3.41. The second kappa shape index (κ2) is 11.0. The van der Waals surface area contributed by atoms with E-state index in [2.05, 4.69) is 25.3 Å². The summed E-state index contributed by atoms with van der Waals surface area (Å²) in [6.07, 6.45) is -3.16. The third kappa shape index (κ3) is 6.43. The monoisotopic (exact) mass is 563 g/mol. The molecular weight excluding hydrogens is 540 g/mol. The smallest absolute Gasteiger partial charge is 0.338 e. The first-order valence-electron chi connectivity index (χ1n) is 12.3. The van der Waals surface area contributed by atoms with Gasteiger partial charge in [0.15, 0.2) is 0 Å². The fourth-order valence-corrected chi connectivity index (χ4v) is 5.74. The Kier molecular flexibility index (Phi) is 7.66. The van der Waals surface area contributed by atoms with Crippen LogP contribution in [0.5, 0.6) is 0 Å². The van der Waals surface area contributed by atoms with Crippen LogP contribution in [0.4, 0.5) is 37.8 Å². The fraction of sp³-hybridized carbons (Fsp3) is 0.333. The highest BCUT2D eigenvalue weighted by molar-refractivity contribution is 7.99. The summed E-state index contributed by atoms with van der Waals surface area (Å²) in [5, 5.41) is 3.52. The standard InChI is InChI=1S/C27H23F6N5S/c28-26(29,30)20-2-1-11-34-24(20)17-4-6-19-21(14-17)37-23(8-3-16-9-12-39-13-10-16)38-25(19)36-18-5-7-22(35-15-18)27(31,32)33/h1-2,4-7,11,14-16H,3,8-10,12-13H2,(H,36,37,38). The van der Waals surface area contributed by atoms with Gasteiger partial charge < -0.3 is 5.32 Å². The van der Waals surface area contributed by atoms with Gasteiger partial charge in [-0.2, -0.15) is 38.1 Å². The van der Waals surface area contributed by atoms with Crippen molar-refractivity contribution in [2.75, 3.05) is 16.8 Å². The third-order valence-corrected chi connectivity index (χ3v) is 7.61. The molecule has 0 atom stereocenters. The van der Waals surface area contributed by atoms with Crippen molar-refractivity contribution >= 4 is 34.2 Å². The Morgan fingerprint density at radius 2 is 1.69 bits per heavy atom. The highest BCUT2D eigenvalue weighted by Gasteiger charge is 2.34. The number of alkyl halides is 6. The largest absolute Gasteiger partial charge is 0.433 e. The number of aryl methyl sites for hydroxylation is 1. The minimum Gasteiger partial charge on any atom is -0.338 e. The molecule has 0 bridgehead atoms. The number of pyridine rings is 2. The number of halogens is 6. The normalized spacial score (nSPS) is 15.0. The summed E-state index contributed by atoms with van der Waals surface area (Å²) in [6, 6.07) is 8.95. The first-order chi connectivity index (χ1) is 18.6. The molecule has 0 amide bonds. The number of rotatable bonds is 6. The van der Waals surface area contributed by atoms with E-state index < -0.39 is 23.6 Å². The number of fused-ring (bicyclic) bond motifs is 1. The van der Waals surface area contributed by atoms with Crippen LogP contribution in [0.15, 0.2) is 54.9 Å². The summed E-state index contributed by atoms with van der Waals surface area (Å²) in [4.78, 5) is 16.8. The Bertz CT molecular complexity index is 1450. The predicted octanol–water partition coefficient (Wildman–Crippen LogP) is 7.94. The number of nitrogens with one attached hydrogen (secondary N) is 1. The van der Waals surface area contributed by atoms with Crippen LogP contribution in [-0.4, -0.2) is 31.4 Å². The molecule has 12 heteroatoms. The van der Waals surface area contributed by atoms with Gasteiger partial charge in [0, 0.05) is 23.6 Å². The average Bonchev–Trinajstić information content (AvgIpc) is 2.91. The van der Waals surface area contributed by atoms with Crippen LogP contribution in [-0.2, 0) is 18.8 Å². The topological polar surface area (TPSA) is 63.6 Å². The maximum atomic E-state index is 13.6. The second-order valence-electron chi connectivity index (χ2n) is 9.27. The van der Waals surface area contributed by atoms with E-state index in [1.807, 2.05) is 11.8 Å². The summed E-state index contributed by atoms with van der Waals surface area (Å²) in [5.41, 5.74) is -1.17. The van der Waals surface area contributed by atoms with Gasteiger partial charge in [-0.1, -0.05) is 6.07 Å². The number of aromatic nitrogens is 4. The Morgan fingerprint density at radius 1 is 0.897 bits per heavy atom. The lowest BCUT2D eigenvalue weighted by molar-refractivity contribution is -0.141. The first-order valence-corrected chi connectivity index (χ1v) is 13.4. The molecule has 0 aliphatic carbocycles. The van der Waals surface area contributed by atoms with Crippen molar-refractivity contribution in [2.45, 2.75) is 38.0 Å². The van der Waals surface area contributed by atoms with Crippen LogP contribution in [0.3, 0.4) is 0 Å². The molecule has 5 nitrogen and oxygen atoms in total. The summed E-state index contributed by atoms with van der Waals surface area (Å²) < 4.78 is 79.8. The van der Waals surface area contributed by atoms with E-state index in [1.165, 1.54) is 30.5 Å². The SMILES string of the molecule is FC(F)(F)c1ccc(Nc2nc(CCC3CCSCC3)nc3cc(-c4ncccc4C(F)(F)F)ccc23)cn1. The predicted molar refractivity (Wildman–Crippen MR) is 139 cm³/mol. The highest BCUT2D eigenvalue weighted by Crippen LogP contribution is 2.37. The molecule has 0 unspecified atom stereocenters. The summed E-state index contributed by atoms with van der Waals surface area (Å²) in [5.74, 6) is 3.57. The lowest BCUT2D eigenvalue weighted by Gasteiger charge is -2.21. The van der Waals surface area contributed by atoms with Gasteiger partial charge in [0.1, 0.15) is 17.3 Å². The van der Waals surface area contributed by atoms with Gasteiger partial charge in [-0.25, -0.2) is 15.0 Å². The maximum Gasteiger partial charge on any atom is 0.433 e. The molecule has 3 aromatic heterocycles. The molecule has 1 fully saturated rings. The van der Waals surface area contributed by atoms with Crippen LogP contribution >= 0.6 is 11.8 Å². The molecule has 39 heavy (non-hydrogen) atoms. The molecule has 0 saturated carbocycles. The quantitative estimate of drug-likeness (QED) is 0.240. The molecule has 0 spiro atoms. The average molecular weight is 564 g/mol. The molecule has 1 aliphatic rings. The van der Waals surface area contributed by atoms with Gasteiger partial charge in [-0.05, 0) is 73.1 Å². The van der Waals surface area contributed by atoms with Gasteiger partial charge in [-0.15, -0.1) is 0 Å². The van der Waals surface area contributed by atoms with Crippen LogP contribution in [0.25, 0.3) is 22.2 Å². The van der Waals surface area contributed by atoms with Gasteiger partial charge in [0.05, 0.1) is 28.7 Å². The Balaban J connectivity index is 1.53. The molecule has 4 aromatic rings. The lowest BCUT2D eigenvalue weighted by Crippen LogP contribution is -2.12. The minimum absolute atomic E-state index is 0.215. The molecule has 1 N–H and O–H groups in total. The van der Waals surface area contributed by atoms with Gasteiger partial charge >= 0.3 is 12.4 Å². The summed E-state index contributed by atoms with van der Waals surface area (Å²) in [6.45, 7) is 0. The van der Waals surface area contributed by atoms with Crippen LogP contribution in [0, 0.1) is 5.92 Å². The fourth-order valence-electron chi connectivity index (χ4n) is 4.54. The molecule has 204 valence electrons. The molecule has 5 rings (SSSR count). The Morgan fingerprint density at radius 3 is 2.38 bits per heavy atom. The van der Waals surface area contributed by atoms with Crippen molar-refractivity contribution in [3.63, 3.8) is 0 Å². The zero-order valence-electron chi connectivity index (χ0n) is 20.5. The zero-order valence-corrected chi connectivity index (χ0v) is 21.3. The summed E-state index contributed by atoms with van der Waals surface area (Å²) >= 11 is 1.93. The van der Waals surface area contributed by atoms with Gasteiger partial charge in [0.25, 0.3) is 0 Å².